The summed E-state index contributed by atoms with van der Waals surface area (Å²) in [5.41, 5.74) is 0.952. The van der Waals surface area contributed by atoms with Gasteiger partial charge in [0.05, 0.1) is 24.2 Å². The molecular formula is C23H22F3N7O. The highest BCUT2D eigenvalue weighted by atomic mass is 19.1. The lowest BCUT2D eigenvalue weighted by atomic mass is 9.91. The molecule has 3 heterocycles. The molecule has 0 radical (unpaired) electrons. The number of carbonyl (C=O) groups excluding carboxylic acids is 1. The van der Waals surface area contributed by atoms with E-state index < -0.39 is 17.5 Å². The number of rotatable bonds is 5. The van der Waals surface area contributed by atoms with Crippen LogP contribution in [-0.2, 0) is 7.05 Å². The quantitative estimate of drug-likeness (QED) is 0.411. The molecule has 0 saturated heterocycles. The summed E-state index contributed by atoms with van der Waals surface area (Å²) in [4.78, 5) is 27.5. The van der Waals surface area contributed by atoms with Gasteiger partial charge in [-0.1, -0.05) is 0 Å². The highest BCUT2D eigenvalue weighted by Crippen LogP contribution is 2.30. The summed E-state index contributed by atoms with van der Waals surface area (Å²) >= 11 is 0. The van der Waals surface area contributed by atoms with Gasteiger partial charge in [-0.15, -0.1) is 0 Å². The van der Waals surface area contributed by atoms with Gasteiger partial charge in [0.25, 0.3) is 5.91 Å². The Labute approximate surface area is 192 Å². The average molecular weight is 469 g/mol. The van der Waals surface area contributed by atoms with Crippen molar-refractivity contribution in [2.24, 2.45) is 7.05 Å². The molecule has 1 saturated carbocycles. The first-order valence-electron chi connectivity index (χ1n) is 10.9. The Morgan fingerprint density at radius 1 is 1.15 bits per heavy atom. The Hall–Kier alpha value is -3.89. The molecule has 11 heteroatoms. The number of carbonyl (C=O) groups is 1. The van der Waals surface area contributed by atoms with Crippen molar-refractivity contribution in [2.45, 2.75) is 37.8 Å². The maximum absolute atomic E-state index is 14.6. The van der Waals surface area contributed by atoms with Gasteiger partial charge in [0.1, 0.15) is 17.3 Å². The number of aromatic nitrogens is 5. The largest absolute Gasteiger partial charge is 0.365 e. The molecule has 1 aromatic carbocycles. The molecule has 0 bridgehead atoms. The van der Waals surface area contributed by atoms with E-state index in [-0.39, 0.29) is 40.5 Å². The molecule has 3 N–H and O–H groups in total. The van der Waals surface area contributed by atoms with Crippen LogP contribution in [0.15, 0.2) is 37.1 Å². The van der Waals surface area contributed by atoms with Crippen molar-refractivity contribution in [1.29, 1.82) is 0 Å². The number of aromatic amines is 1. The Morgan fingerprint density at radius 2 is 1.97 bits per heavy atom. The standard InChI is InChI=1S/C23H22F3N7O/c1-33-11-27-10-19(33)23(34)31-14-4-2-3-13(7-14)30-22-18(26)9-29-21(32-22)16-8-28-20-15(16)5-12(24)6-17(20)25/h5-6,8-11,13-14,28H,2-4,7H2,1H3,(H,31,34)(H,29,30,32)/t13-,14+/m0/s1. The van der Waals surface area contributed by atoms with Gasteiger partial charge in [0.2, 0.25) is 0 Å². The molecule has 1 amide bonds. The number of amides is 1. The number of halogens is 3. The monoisotopic (exact) mass is 469 g/mol. The minimum absolute atomic E-state index is 0.000152. The van der Waals surface area contributed by atoms with Gasteiger partial charge in [0, 0.05) is 42.3 Å². The molecule has 5 rings (SSSR count). The Bertz CT molecular complexity index is 1370. The zero-order valence-electron chi connectivity index (χ0n) is 18.3. The summed E-state index contributed by atoms with van der Waals surface area (Å²) in [7, 11) is 1.75. The third-order valence-corrected chi connectivity index (χ3v) is 6.09. The van der Waals surface area contributed by atoms with Gasteiger partial charge in [-0.25, -0.2) is 28.1 Å². The highest BCUT2D eigenvalue weighted by molar-refractivity contribution is 5.94. The molecule has 8 nitrogen and oxygen atoms in total. The topological polar surface area (TPSA) is 101 Å². The number of H-pyrrole nitrogens is 1. The molecule has 2 atom stereocenters. The van der Waals surface area contributed by atoms with Gasteiger partial charge in [-0.2, -0.15) is 0 Å². The Balaban J connectivity index is 1.33. The van der Waals surface area contributed by atoms with Crippen LogP contribution >= 0.6 is 0 Å². The number of benzene rings is 1. The molecular weight excluding hydrogens is 447 g/mol. The van der Waals surface area contributed by atoms with Gasteiger partial charge in [0.15, 0.2) is 17.5 Å². The second-order valence-electron chi connectivity index (χ2n) is 8.47. The number of imidazole rings is 1. The number of aryl methyl sites for hydroxylation is 1. The number of hydrogen-bond donors (Lipinski definition) is 3. The molecule has 3 aromatic heterocycles. The Morgan fingerprint density at radius 3 is 2.76 bits per heavy atom. The van der Waals surface area contributed by atoms with Crippen LogP contribution in [0, 0.1) is 17.5 Å². The van der Waals surface area contributed by atoms with Crippen LogP contribution in [0.5, 0.6) is 0 Å². The van der Waals surface area contributed by atoms with Gasteiger partial charge in [-0.3, -0.25) is 4.79 Å². The zero-order chi connectivity index (χ0) is 23.8. The first-order chi connectivity index (χ1) is 16.4. The average Bonchev–Trinajstić information content (AvgIpc) is 3.42. The van der Waals surface area contributed by atoms with Crippen molar-refractivity contribution in [3.63, 3.8) is 0 Å². The van der Waals surface area contributed by atoms with Crippen molar-refractivity contribution in [1.82, 2.24) is 29.8 Å². The molecule has 0 spiro atoms. The molecule has 0 unspecified atom stereocenters. The molecule has 0 aliphatic heterocycles. The molecule has 1 aliphatic rings. The summed E-state index contributed by atoms with van der Waals surface area (Å²) in [5, 5.41) is 6.40. The highest BCUT2D eigenvalue weighted by Gasteiger charge is 2.26. The van der Waals surface area contributed by atoms with Crippen LogP contribution < -0.4 is 10.6 Å². The predicted octanol–water partition coefficient (Wildman–Crippen LogP) is 3.93. The lowest BCUT2D eigenvalue weighted by Gasteiger charge is -2.30. The van der Waals surface area contributed by atoms with Gasteiger partial charge < -0.3 is 20.2 Å². The van der Waals surface area contributed by atoms with E-state index in [1.165, 1.54) is 18.5 Å². The van der Waals surface area contributed by atoms with E-state index in [2.05, 4.69) is 30.6 Å². The lowest BCUT2D eigenvalue weighted by molar-refractivity contribution is 0.0918. The van der Waals surface area contributed by atoms with Crippen LogP contribution in [0.3, 0.4) is 0 Å². The molecule has 1 aliphatic carbocycles. The second-order valence-corrected chi connectivity index (χ2v) is 8.47. The number of fused-ring (bicyclic) bond motifs is 1. The van der Waals surface area contributed by atoms with Crippen LogP contribution in [0.4, 0.5) is 19.0 Å². The van der Waals surface area contributed by atoms with E-state index in [1.807, 2.05) is 0 Å². The third kappa shape index (κ3) is 4.20. The number of anilines is 1. The smallest absolute Gasteiger partial charge is 0.269 e. The summed E-state index contributed by atoms with van der Waals surface area (Å²) in [6.45, 7) is 0. The first-order valence-corrected chi connectivity index (χ1v) is 10.9. The van der Waals surface area contributed by atoms with E-state index in [9.17, 15) is 18.0 Å². The van der Waals surface area contributed by atoms with Crippen molar-refractivity contribution in [3.8, 4) is 11.4 Å². The van der Waals surface area contributed by atoms with Crippen molar-refractivity contribution >= 4 is 22.6 Å². The fraction of sp³-hybridized carbons (Fsp3) is 0.304. The first kappa shape index (κ1) is 21.9. The van der Waals surface area contributed by atoms with Gasteiger partial charge in [-0.05, 0) is 31.7 Å². The maximum Gasteiger partial charge on any atom is 0.269 e. The van der Waals surface area contributed by atoms with Crippen LogP contribution in [-0.4, -0.2) is 42.5 Å². The number of nitrogens with one attached hydrogen (secondary N) is 3. The molecule has 34 heavy (non-hydrogen) atoms. The second kappa shape index (κ2) is 8.81. The predicted molar refractivity (Wildman–Crippen MR) is 120 cm³/mol. The zero-order valence-corrected chi connectivity index (χ0v) is 18.3. The van der Waals surface area contributed by atoms with E-state index in [1.54, 1.807) is 17.9 Å². The van der Waals surface area contributed by atoms with Crippen molar-refractivity contribution in [2.75, 3.05) is 5.32 Å². The maximum atomic E-state index is 14.6. The van der Waals surface area contributed by atoms with Gasteiger partial charge >= 0.3 is 0 Å². The number of nitrogens with zero attached hydrogens (tertiary/aromatic N) is 4. The van der Waals surface area contributed by atoms with Crippen molar-refractivity contribution < 1.29 is 18.0 Å². The van der Waals surface area contributed by atoms with E-state index in [0.29, 0.717) is 17.7 Å². The van der Waals surface area contributed by atoms with E-state index in [0.717, 1.165) is 31.5 Å². The summed E-state index contributed by atoms with van der Waals surface area (Å²) < 4.78 is 44.0. The minimum Gasteiger partial charge on any atom is -0.365 e. The lowest BCUT2D eigenvalue weighted by Crippen LogP contribution is -2.42. The van der Waals surface area contributed by atoms with Crippen LogP contribution in [0.2, 0.25) is 0 Å². The van der Waals surface area contributed by atoms with E-state index >= 15 is 0 Å². The fourth-order valence-corrected chi connectivity index (χ4v) is 4.42. The van der Waals surface area contributed by atoms with E-state index in [4.69, 9.17) is 0 Å². The summed E-state index contributed by atoms with van der Waals surface area (Å²) in [5.74, 6) is -2.17. The number of hydrogen-bond acceptors (Lipinski definition) is 5. The molecule has 1 fully saturated rings. The summed E-state index contributed by atoms with van der Waals surface area (Å²) in [6.07, 6.45) is 8.59. The summed E-state index contributed by atoms with van der Waals surface area (Å²) in [6, 6.07) is 1.76. The third-order valence-electron chi connectivity index (χ3n) is 6.09. The minimum atomic E-state index is -0.733. The van der Waals surface area contributed by atoms with Crippen molar-refractivity contribution in [3.05, 3.63) is 60.2 Å². The fourth-order valence-electron chi connectivity index (χ4n) is 4.42. The van der Waals surface area contributed by atoms with Crippen LogP contribution in [0.25, 0.3) is 22.3 Å². The molecule has 4 aromatic rings. The van der Waals surface area contributed by atoms with Crippen LogP contribution in [0.1, 0.15) is 36.2 Å². The Kier molecular flexibility index (Phi) is 5.68. The SMILES string of the molecule is Cn1cncc1C(=O)N[C@@H]1CCC[C@H](Nc2nc(-c3c[nH]c4c(F)cc(F)cc34)ncc2F)C1. The normalized spacial score (nSPS) is 18.2. The molecule has 176 valence electrons.